The molecule has 2 aliphatic rings. The topological polar surface area (TPSA) is 60.9 Å². The van der Waals surface area contributed by atoms with Crippen molar-refractivity contribution in [3.05, 3.63) is 83.7 Å². The van der Waals surface area contributed by atoms with Crippen molar-refractivity contribution in [2.45, 2.75) is 12.8 Å². The minimum absolute atomic E-state index is 0.0263. The molecule has 2 fully saturated rings. The molecular formula is C28H28FN3O3. The Morgan fingerprint density at radius 2 is 1.31 bits per heavy atom. The van der Waals surface area contributed by atoms with Gasteiger partial charge in [0, 0.05) is 44.8 Å². The van der Waals surface area contributed by atoms with Gasteiger partial charge in [-0.3, -0.25) is 14.4 Å². The molecule has 0 saturated carbocycles. The summed E-state index contributed by atoms with van der Waals surface area (Å²) < 4.78 is 14.0. The van der Waals surface area contributed by atoms with Gasteiger partial charge < -0.3 is 14.7 Å². The van der Waals surface area contributed by atoms with Gasteiger partial charge in [-0.1, -0.05) is 48.5 Å². The standard InChI is InChI=1S/C28H28FN3O3/c29-25-13-4-3-11-24(25)28(35)31-17-15-30(16-18-31)26(33)21-9-6-14-32(19-21)27(34)23-12-5-8-20-7-1-2-10-22(20)23/h1-5,7-8,10-13,21H,6,9,14-19H2/t21-/m0/s1. The summed E-state index contributed by atoms with van der Waals surface area (Å²) >= 11 is 0. The van der Waals surface area contributed by atoms with Gasteiger partial charge in [0.25, 0.3) is 11.8 Å². The normalized spacial score (nSPS) is 18.5. The summed E-state index contributed by atoms with van der Waals surface area (Å²) in [6, 6.07) is 19.5. The van der Waals surface area contributed by atoms with Crippen LogP contribution in [0.2, 0.25) is 0 Å². The van der Waals surface area contributed by atoms with E-state index in [0.717, 1.165) is 23.6 Å². The largest absolute Gasteiger partial charge is 0.339 e. The van der Waals surface area contributed by atoms with E-state index in [1.165, 1.54) is 12.1 Å². The highest BCUT2D eigenvalue weighted by Crippen LogP contribution is 2.25. The van der Waals surface area contributed by atoms with Crippen LogP contribution in [0.4, 0.5) is 4.39 Å². The number of amides is 3. The number of benzene rings is 3. The molecule has 3 amide bonds. The molecule has 0 bridgehead atoms. The van der Waals surface area contributed by atoms with Crippen molar-refractivity contribution in [3.8, 4) is 0 Å². The average Bonchev–Trinajstić information content (AvgIpc) is 2.92. The quantitative estimate of drug-likeness (QED) is 0.581. The third-order valence-electron chi connectivity index (χ3n) is 7.06. The number of halogens is 1. The second kappa shape index (κ2) is 9.86. The summed E-state index contributed by atoms with van der Waals surface area (Å²) in [5, 5.41) is 1.94. The summed E-state index contributed by atoms with van der Waals surface area (Å²) in [6.07, 6.45) is 1.52. The van der Waals surface area contributed by atoms with Crippen LogP contribution in [0.1, 0.15) is 33.6 Å². The smallest absolute Gasteiger partial charge is 0.256 e. The molecule has 3 aromatic carbocycles. The lowest BCUT2D eigenvalue weighted by atomic mass is 9.95. The van der Waals surface area contributed by atoms with Gasteiger partial charge in [-0.25, -0.2) is 4.39 Å². The first-order valence-corrected chi connectivity index (χ1v) is 12.1. The number of fused-ring (bicyclic) bond motifs is 1. The van der Waals surface area contributed by atoms with Crippen LogP contribution in [0.15, 0.2) is 66.7 Å². The Kier molecular flexibility index (Phi) is 6.49. The van der Waals surface area contributed by atoms with Gasteiger partial charge >= 0.3 is 0 Å². The Morgan fingerprint density at radius 1 is 0.686 bits per heavy atom. The third-order valence-corrected chi connectivity index (χ3v) is 7.06. The molecule has 2 saturated heterocycles. The summed E-state index contributed by atoms with van der Waals surface area (Å²) in [4.78, 5) is 44.5. The molecule has 6 nitrogen and oxygen atoms in total. The van der Waals surface area contributed by atoms with E-state index in [9.17, 15) is 18.8 Å². The van der Waals surface area contributed by atoms with Crippen molar-refractivity contribution >= 4 is 28.5 Å². The van der Waals surface area contributed by atoms with Crippen molar-refractivity contribution in [1.29, 1.82) is 0 Å². The number of piperidine rings is 1. The van der Waals surface area contributed by atoms with Crippen LogP contribution in [0.3, 0.4) is 0 Å². The minimum atomic E-state index is -0.533. The molecule has 0 spiro atoms. The number of carbonyl (C=O) groups excluding carboxylic acids is 3. The lowest BCUT2D eigenvalue weighted by Gasteiger charge is -2.39. The molecule has 3 aromatic rings. The van der Waals surface area contributed by atoms with Gasteiger partial charge in [-0.05, 0) is 41.8 Å². The molecule has 0 unspecified atom stereocenters. The van der Waals surface area contributed by atoms with Crippen molar-refractivity contribution in [2.24, 2.45) is 5.92 Å². The highest BCUT2D eigenvalue weighted by Gasteiger charge is 2.34. The number of hydrogen-bond donors (Lipinski definition) is 0. The lowest BCUT2D eigenvalue weighted by molar-refractivity contribution is -0.138. The lowest BCUT2D eigenvalue weighted by Crippen LogP contribution is -2.54. The maximum atomic E-state index is 14.0. The number of likely N-dealkylation sites (tertiary alicyclic amines) is 1. The predicted molar refractivity (Wildman–Crippen MR) is 131 cm³/mol. The van der Waals surface area contributed by atoms with E-state index in [4.69, 9.17) is 0 Å². The van der Waals surface area contributed by atoms with Crippen LogP contribution in [0.25, 0.3) is 10.8 Å². The van der Waals surface area contributed by atoms with E-state index in [1.807, 2.05) is 42.5 Å². The maximum Gasteiger partial charge on any atom is 0.256 e. The number of nitrogens with zero attached hydrogens (tertiary/aromatic N) is 3. The highest BCUT2D eigenvalue weighted by molar-refractivity contribution is 6.07. The Morgan fingerprint density at radius 3 is 2.11 bits per heavy atom. The van der Waals surface area contributed by atoms with Crippen LogP contribution < -0.4 is 0 Å². The second-order valence-electron chi connectivity index (χ2n) is 9.21. The molecular weight excluding hydrogens is 445 g/mol. The fourth-order valence-electron chi connectivity index (χ4n) is 5.14. The molecule has 35 heavy (non-hydrogen) atoms. The van der Waals surface area contributed by atoms with Crippen LogP contribution >= 0.6 is 0 Å². The fraction of sp³-hybridized carbons (Fsp3) is 0.321. The first-order chi connectivity index (χ1) is 17.0. The van der Waals surface area contributed by atoms with Gasteiger partial charge in [0.2, 0.25) is 5.91 Å². The molecule has 180 valence electrons. The van der Waals surface area contributed by atoms with Crippen molar-refractivity contribution in [3.63, 3.8) is 0 Å². The van der Waals surface area contributed by atoms with Crippen LogP contribution in [-0.2, 0) is 4.79 Å². The van der Waals surface area contributed by atoms with Crippen LogP contribution in [-0.4, -0.2) is 71.7 Å². The fourth-order valence-corrected chi connectivity index (χ4v) is 5.14. The molecule has 2 aliphatic heterocycles. The van der Waals surface area contributed by atoms with Gasteiger partial charge in [0.1, 0.15) is 5.82 Å². The summed E-state index contributed by atoms with van der Waals surface area (Å²) in [5.74, 6) is -1.15. The zero-order valence-corrected chi connectivity index (χ0v) is 19.5. The Hall–Kier alpha value is -3.74. The van der Waals surface area contributed by atoms with E-state index in [0.29, 0.717) is 44.8 Å². The summed E-state index contributed by atoms with van der Waals surface area (Å²) in [6.45, 7) is 2.58. The molecule has 0 radical (unpaired) electrons. The molecule has 7 heteroatoms. The number of piperazine rings is 1. The van der Waals surface area contributed by atoms with Gasteiger partial charge in [-0.2, -0.15) is 0 Å². The summed E-state index contributed by atoms with van der Waals surface area (Å²) in [5.41, 5.74) is 0.721. The van der Waals surface area contributed by atoms with E-state index < -0.39 is 5.82 Å². The molecule has 0 aromatic heterocycles. The zero-order chi connectivity index (χ0) is 24.4. The van der Waals surface area contributed by atoms with Gasteiger partial charge in [0.15, 0.2) is 0 Å². The first kappa shape index (κ1) is 23.0. The van der Waals surface area contributed by atoms with Gasteiger partial charge in [-0.15, -0.1) is 0 Å². The highest BCUT2D eigenvalue weighted by atomic mass is 19.1. The van der Waals surface area contributed by atoms with Crippen LogP contribution in [0, 0.1) is 11.7 Å². The molecule has 0 N–H and O–H groups in total. The molecule has 1 atom stereocenters. The molecule has 5 rings (SSSR count). The summed E-state index contributed by atoms with van der Waals surface area (Å²) in [7, 11) is 0. The van der Waals surface area contributed by atoms with E-state index >= 15 is 0 Å². The first-order valence-electron chi connectivity index (χ1n) is 12.1. The Bertz CT molecular complexity index is 1260. The third kappa shape index (κ3) is 4.63. The molecule has 2 heterocycles. The van der Waals surface area contributed by atoms with E-state index in [-0.39, 0.29) is 29.2 Å². The molecule has 0 aliphatic carbocycles. The van der Waals surface area contributed by atoms with E-state index in [2.05, 4.69) is 0 Å². The number of rotatable bonds is 3. The minimum Gasteiger partial charge on any atom is -0.339 e. The predicted octanol–water partition coefficient (Wildman–Crippen LogP) is 3.82. The Labute approximate surface area is 203 Å². The maximum absolute atomic E-state index is 14.0. The zero-order valence-electron chi connectivity index (χ0n) is 19.5. The SMILES string of the molecule is O=C(c1ccccc1F)N1CCN(C(=O)[C@H]2CCCN(C(=O)c3cccc4ccccc34)C2)CC1. The van der Waals surface area contributed by atoms with Crippen molar-refractivity contribution in [1.82, 2.24) is 14.7 Å². The van der Waals surface area contributed by atoms with Gasteiger partial charge in [0.05, 0.1) is 11.5 Å². The average molecular weight is 474 g/mol. The van der Waals surface area contributed by atoms with E-state index in [1.54, 1.807) is 26.8 Å². The monoisotopic (exact) mass is 473 g/mol. The van der Waals surface area contributed by atoms with Crippen molar-refractivity contribution < 1.29 is 18.8 Å². The number of hydrogen-bond acceptors (Lipinski definition) is 3. The second-order valence-corrected chi connectivity index (χ2v) is 9.21. The van der Waals surface area contributed by atoms with Crippen LogP contribution in [0.5, 0.6) is 0 Å². The number of carbonyl (C=O) groups is 3. The van der Waals surface area contributed by atoms with Crippen molar-refractivity contribution in [2.75, 3.05) is 39.3 Å². The Balaban J connectivity index is 1.22.